The minimum absolute atomic E-state index is 0.173. The van der Waals surface area contributed by atoms with E-state index in [0.29, 0.717) is 12.3 Å². The van der Waals surface area contributed by atoms with Gasteiger partial charge in [0.2, 0.25) is 5.91 Å². The molecule has 0 radical (unpaired) electrons. The molecule has 1 heterocycles. The lowest BCUT2D eigenvalue weighted by atomic mass is 10.1. The Kier molecular flexibility index (Phi) is 2.36. The topological polar surface area (TPSA) is 72.6 Å². The van der Waals surface area contributed by atoms with Gasteiger partial charge in [0.05, 0.1) is 0 Å². The Hall–Kier alpha value is -1.26. The van der Waals surface area contributed by atoms with Gasteiger partial charge in [0.1, 0.15) is 11.6 Å². The quantitative estimate of drug-likeness (QED) is 0.721. The summed E-state index contributed by atoms with van der Waals surface area (Å²) in [5.41, 5.74) is 4.75. The monoisotopic (exact) mass is 226 g/mol. The molecule has 1 saturated heterocycles. The van der Waals surface area contributed by atoms with E-state index < -0.39 is 23.6 Å². The minimum atomic E-state index is -0.535. The SMILES string of the molecule is CC(C)(C)OC(=O)N1C(C(N)=O)C[C@H]2C[C@H]21. The fourth-order valence-electron chi connectivity index (χ4n) is 2.29. The van der Waals surface area contributed by atoms with E-state index in [4.69, 9.17) is 10.5 Å². The molecule has 2 aliphatic rings. The third-order valence-corrected chi connectivity index (χ3v) is 3.04. The lowest BCUT2D eigenvalue weighted by molar-refractivity contribution is -0.122. The van der Waals surface area contributed by atoms with Crippen LogP contribution >= 0.6 is 0 Å². The maximum Gasteiger partial charge on any atom is 0.411 e. The van der Waals surface area contributed by atoms with Crippen LogP contribution < -0.4 is 5.73 Å². The second-order valence-corrected chi connectivity index (χ2v) is 5.60. The molecule has 0 aromatic heterocycles. The predicted octanol–water partition coefficient (Wildman–Crippen LogP) is 0.870. The van der Waals surface area contributed by atoms with E-state index in [2.05, 4.69) is 0 Å². The largest absolute Gasteiger partial charge is 0.444 e. The van der Waals surface area contributed by atoms with Gasteiger partial charge in [0.15, 0.2) is 0 Å². The van der Waals surface area contributed by atoms with E-state index in [1.54, 1.807) is 0 Å². The first-order valence-corrected chi connectivity index (χ1v) is 5.60. The molecule has 1 unspecified atom stereocenters. The summed E-state index contributed by atoms with van der Waals surface area (Å²) in [7, 11) is 0. The van der Waals surface area contributed by atoms with Gasteiger partial charge in [-0.15, -0.1) is 0 Å². The van der Waals surface area contributed by atoms with Crippen LogP contribution in [0.15, 0.2) is 0 Å². The van der Waals surface area contributed by atoms with Gasteiger partial charge in [0, 0.05) is 6.04 Å². The van der Waals surface area contributed by atoms with E-state index in [1.807, 2.05) is 20.8 Å². The van der Waals surface area contributed by atoms with Gasteiger partial charge in [0.25, 0.3) is 0 Å². The molecule has 2 fully saturated rings. The van der Waals surface area contributed by atoms with Crippen LogP contribution in [-0.4, -0.2) is 34.6 Å². The summed E-state index contributed by atoms with van der Waals surface area (Å²) in [6.07, 6.45) is 1.25. The van der Waals surface area contributed by atoms with Crippen LogP contribution in [0.2, 0.25) is 0 Å². The first-order valence-electron chi connectivity index (χ1n) is 5.60. The highest BCUT2D eigenvalue weighted by Gasteiger charge is 2.56. The van der Waals surface area contributed by atoms with Crippen molar-refractivity contribution in [3.63, 3.8) is 0 Å². The molecule has 2 N–H and O–H groups in total. The van der Waals surface area contributed by atoms with Crippen LogP contribution in [0, 0.1) is 5.92 Å². The molecule has 16 heavy (non-hydrogen) atoms. The maximum atomic E-state index is 11.9. The van der Waals surface area contributed by atoms with Crippen LogP contribution in [0.1, 0.15) is 33.6 Å². The Labute approximate surface area is 94.9 Å². The lowest BCUT2D eigenvalue weighted by Crippen LogP contribution is -2.47. The van der Waals surface area contributed by atoms with Gasteiger partial charge in [-0.05, 0) is 39.5 Å². The summed E-state index contributed by atoms with van der Waals surface area (Å²) in [4.78, 5) is 24.7. The summed E-state index contributed by atoms with van der Waals surface area (Å²) < 4.78 is 5.28. The smallest absolute Gasteiger partial charge is 0.411 e. The predicted molar refractivity (Wildman–Crippen MR) is 57.6 cm³/mol. The fraction of sp³-hybridized carbons (Fsp3) is 0.818. The molecule has 1 aliphatic carbocycles. The summed E-state index contributed by atoms with van der Waals surface area (Å²) >= 11 is 0. The van der Waals surface area contributed by atoms with Crippen molar-refractivity contribution in [2.45, 2.75) is 51.3 Å². The number of nitrogens with zero attached hydrogens (tertiary/aromatic N) is 1. The van der Waals surface area contributed by atoms with E-state index in [9.17, 15) is 9.59 Å². The van der Waals surface area contributed by atoms with Crippen LogP contribution in [0.3, 0.4) is 0 Å². The molecule has 1 aliphatic heterocycles. The van der Waals surface area contributed by atoms with Crippen molar-refractivity contribution in [2.75, 3.05) is 0 Å². The van der Waals surface area contributed by atoms with Crippen molar-refractivity contribution < 1.29 is 14.3 Å². The minimum Gasteiger partial charge on any atom is -0.444 e. The highest BCUT2D eigenvalue weighted by atomic mass is 16.6. The van der Waals surface area contributed by atoms with Crippen molar-refractivity contribution >= 4 is 12.0 Å². The van der Waals surface area contributed by atoms with E-state index in [0.717, 1.165) is 6.42 Å². The Morgan fingerprint density at radius 2 is 1.94 bits per heavy atom. The number of hydrogen-bond acceptors (Lipinski definition) is 3. The Morgan fingerprint density at radius 1 is 1.31 bits per heavy atom. The molecular formula is C11H18N2O3. The highest BCUT2D eigenvalue weighted by molar-refractivity contribution is 5.85. The molecule has 2 rings (SSSR count). The van der Waals surface area contributed by atoms with Crippen molar-refractivity contribution in [3.05, 3.63) is 0 Å². The maximum absolute atomic E-state index is 11.9. The Balaban J connectivity index is 2.07. The standard InChI is InChI=1S/C11H18N2O3/c1-11(2,3)16-10(15)13-7-4-6(7)5-8(13)9(12)14/h6-8H,4-5H2,1-3H3,(H2,12,14)/t6-,7-,8?/m1/s1. The number of likely N-dealkylation sites (tertiary alicyclic amines) is 1. The zero-order chi connectivity index (χ0) is 12.1. The van der Waals surface area contributed by atoms with Gasteiger partial charge < -0.3 is 10.5 Å². The van der Waals surface area contributed by atoms with Crippen LogP contribution in [-0.2, 0) is 9.53 Å². The molecule has 0 aromatic carbocycles. The zero-order valence-corrected chi connectivity index (χ0v) is 9.90. The molecule has 0 bridgehead atoms. The number of nitrogens with two attached hydrogens (primary N) is 1. The normalized spacial score (nSPS) is 32.2. The van der Waals surface area contributed by atoms with Crippen molar-refractivity contribution in [1.29, 1.82) is 0 Å². The Bertz CT molecular complexity index is 335. The van der Waals surface area contributed by atoms with Gasteiger partial charge in [-0.3, -0.25) is 9.69 Å². The number of fused-ring (bicyclic) bond motifs is 1. The number of ether oxygens (including phenoxy) is 1. The summed E-state index contributed by atoms with van der Waals surface area (Å²) in [5.74, 6) is 0.0167. The highest BCUT2D eigenvalue weighted by Crippen LogP contribution is 2.48. The number of amides is 2. The van der Waals surface area contributed by atoms with Crippen molar-refractivity contribution in [2.24, 2.45) is 11.7 Å². The molecule has 2 amide bonds. The molecule has 90 valence electrons. The Morgan fingerprint density at radius 3 is 2.44 bits per heavy atom. The fourth-order valence-corrected chi connectivity index (χ4v) is 2.29. The second kappa shape index (κ2) is 3.37. The van der Waals surface area contributed by atoms with Gasteiger partial charge in [-0.1, -0.05) is 0 Å². The molecule has 5 heteroatoms. The third kappa shape index (κ3) is 1.99. The lowest BCUT2D eigenvalue weighted by Gasteiger charge is -2.28. The van der Waals surface area contributed by atoms with Crippen LogP contribution in [0.5, 0.6) is 0 Å². The van der Waals surface area contributed by atoms with Crippen molar-refractivity contribution in [3.8, 4) is 0 Å². The van der Waals surface area contributed by atoms with Crippen LogP contribution in [0.4, 0.5) is 4.79 Å². The van der Waals surface area contributed by atoms with Gasteiger partial charge in [-0.2, -0.15) is 0 Å². The second-order valence-electron chi connectivity index (χ2n) is 5.60. The number of primary amides is 1. The number of carbonyl (C=O) groups excluding carboxylic acids is 2. The van der Waals surface area contributed by atoms with Crippen molar-refractivity contribution in [1.82, 2.24) is 4.90 Å². The van der Waals surface area contributed by atoms with E-state index in [1.165, 1.54) is 4.90 Å². The molecular weight excluding hydrogens is 208 g/mol. The van der Waals surface area contributed by atoms with E-state index in [-0.39, 0.29) is 6.04 Å². The average molecular weight is 226 g/mol. The number of carbonyl (C=O) groups is 2. The first-order chi connectivity index (χ1) is 7.29. The molecule has 3 atom stereocenters. The number of rotatable bonds is 1. The molecule has 0 aromatic rings. The number of piperidine rings is 1. The molecule has 5 nitrogen and oxygen atoms in total. The number of hydrogen-bond donors (Lipinski definition) is 1. The summed E-state index contributed by atoms with van der Waals surface area (Å²) in [6, 6.07) is -0.300. The summed E-state index contributed by atoms with van der Waals surface area (Å²) in [6.45, 7) is 5.43. The average Bonchev–Trinajstić information content (AvgIpc) is 2.73. The van der Waals surface area contributed by atoms with Gasteiger partial charge >= 0.3 is 6.09 Å². The third-order valence-electron chi connectivity index (χ3n) is 3.04. The van der Waals surface area contributed by atoms with Gasteiger partial charge in [-0.25, -0.2) is 4.79 Å². The van der Waals surface area contributed by atoms with Crippen LogP contribution in [0.25, 0.3) is 0 Å². The summed E-state index contributed by atoms with van der Waals surface area (Å²) in [5, 5.41) is 0. The zero-order valence-electron chi connectivity index (χ0n) is 9.90. The molecule has 0 spiro atoms. The van der Waals surface area contributed by atoms with E-state index >= 15 is 0 Å². The molecule has 1 saturated carbocycles. The first kappa shape index (κ1) is 11.2.